The van der Waals surface area contributed by atoms with Crippen LogP contribution in [0.1, 0.15) is 27.4 Å². The lowest BCUT2D eigenvalue weighted by Crippen LogP contribution is -2.48. The molecule has 3 aromatic rings. The van der Waals surface area contributed by atoms with Crippen LogP contribution in [0.15, 0.2) is 57.9 Å². The van der Waals surface area contributed by atoms with E-state index < -0.39 is 0 Å². The summed E-state index contributed by atoms with van der Waals surface area (Å²) in [6, 6.07) is 10.6. The lowest BCUT2D eigenvalue weighted by atomic mass is 10.2. The van der Waals surface area contributed by atoms with Crippen LogP contribution in [0.5, 0.6) is 5.75 Å². The molecule has 1 amide bonds. The summed E-state index contributed by atoms with van der Waals surface area (Å²) < 4.78 is 24.1. The maximum atomic E-state index is 13.0. The Morgan fingerprint density at radius 3 is 2.55 bits per heavy atom. The number of rotatable bonds is 6. The normalized spacial score (nSPS) is 14.3. The summed E-state index contributed by atoms with van der Waals surface area (Å²) in [5, 5.41) is 0.303. The first-order valence-electron chi connectivity index (χ1n) is 10.5. The molecule has 0 spiro atoms. The van der Waals surface area contributed by atoms with Crippen LogP contribution < -0.4 is 10.2 Å². The van der Waals surface area contributed by atoms with Gasteiger partial charge in [-0.1, -0.05) is 23.7 Å². The summed E-state index contributed by atoms with van der Waals surface area (Å²) in [4.78, 5) is 33.1. The highest BCUT2D eigenvalue weighted by atomic mass is 35.5. The van der Waals surface area contributed by atoms with Gasteiger partial charge in [-0.05, 0) is 36.8 Å². The summed E-state index contributed by atoms with van der Waals surface area (Å²) >= 11 is 5.98. The molecule has 9 heteroatoms. The number of piperazine rings is 1. The molecule has 2 aromatic heterocycles. The fraction of sp³-hybridized carbons (Fsp3) is 0.292. The predicted molar refractivity (Wildman–Crippen MR) is 121 cm³/mol. The molecule has 1 aliphatic heterocycles. The minimum Gasteiger partial charge on any atom is -0.482 e. The van der Waals surface area contributed by atoms with E-state index in [-0.39, 0.29) is 29.5 Å². The van der Waals surface area contributed by atoms with Gasteiger partial charge >= 0.3 is 0 Å². The number of benzene rings is 1. The standard InChI is InChI=1S/C24H23ClFN3O4/c1-16-10-18(11-23(25)27-16)24(31)29-8-6-28(7-9-29)13-20-12-21(30)22(15-32-20)33-14-17-2-4-19(26)5-3-17/h2-5,10-12,15H,6-9,13-14H2,1H3. The number of aromatic nitrogens is 1. The summed E-state index contributed by atoms with van der Waals surface area (Å²) in [7, 11) is 0. The second kappa shape index (κ2) is 10.1. The van der Waals surface area contributed by atoms with Crippen LogP contribution in [0.3, 0.4) is 0 Å². The number of carbonyl (C=O) groups is 1. The van der Waals surface area contributed by atoms with E-state index in [0.717, 1.165) is 5.56 Å². The highest BCUT2D eigenvalue weighted by Gasteiger charge is 2.23. The van der Waals surface area contributed by atoms with E-state index in [1.165, 1.54) is 24.5 Å². The van der Waals surface area contributed by atoms with Crippen LogP contribution in [-0.4, -0.2) is 46.9 Å². The van der Waals surface area contributed by atoms with Gasteiger partial charge in [-0.25, -0.2) is 9.37 Å². The fourth-order valence-electron chi connectivity index (χ4n) is 3.63. The molecule has 1 aromatic carbocycles. The van der Waals surface area contributed by atoms with Gasteiger partial charge < -0.3 is 14.1 Å². The number of ether oxygens (including phenoxy) is 1. The van der Waals surface area contributed by atoms with Crippen molar-refractivity contribution in [3.63, 3.8) is 0 Å². The Bertz CT molecular complexity index is 1170. The molecule has 7 nitrogen and oxygen atoms in total. The number of carbonyl (C=O) groups excluding carboxylic acids is 1. The number of amides is 1. The van der Waals surface area contributed by atoms with Gasteiger partial charge in [-0.15, -0.1) is 0 Å². The van der Waals surface area contributed by atoms with Crippen molar-refractivity contribution >= 4 is 17.5 Å². The minimum absolute atomic E-state index is 0.0729. The van der Waals surface area contributed by atoms with Gasteiger partial charge in [0.25, 0.3) is 5.91 Å². The highest BCUT2D eigenvalue weighted by molar-refractivity contribution is 6.29. The summed E-state index contributed by atoms with van der Waals surface area (Å²) in [6.45, 7) is 4.81. The largest absolute Gasteiger partial charge is 0.482 e. The molecule has 0 atom stereocenters. The van der Waals surface area contributed by atoms with Crippen molar-refractivity contribution in [2.75, 3.05) is 26.2 Å². The van der Waals surface area contributed by atoms with Crippen molar-refractivity contribution in [2.45, 2.75) is 20.1 Å². The van der Waals surface area contributed by atoms with Crippen molar-refractivity contribution in [2.24, 2.45) is 0 Å². The first-order valence-corrected chi connectivity index (χ1v) is 10.9. The zero-order valence-corrected chi connectivity index (χ0v) is 18.8. The van der Waals surface area contributed by atoms with Crippen molar-refractivity contribution in [3.8, 4) is 5.75 Å². The molecule has 1 aliphatic rings. The smallest absolute Gasteiger partial charge is 0.254 e. The second-order valence-corrected chi connectivity index (χ2v) is 8.27. The fourth-order valence-corrected chi connectivity index (χ4v) is 3.88. The molecule has 172 valence electrons. The number of pyridine rings is 1. The number of nitrogens with zero attached hydrogens (tertiary/aromatic N) is 3. The Morgan fingerprint density at radius 2 is 1.88 bits per heavy atom. The molecule has 0 radical (unpaired) electrons. The molecule has 0 saturated carbocycles. The SMILES string of the molecule is Cc1cc(C(=O)N2CCN(Cc3cc(=O)c(OCc4ccc(F)cc4)co3)CC2)cc(Cl)n1. The van der Waals surface area contributed by atoms with Gasteiger partial charge in [-0.3, -0.25) is 14.5 Å². The van der Waals surface area contributed by atoms with Gasteiger partial charge in [0.1, 0.15) is 29.6 Å². The Balaban J connectivity index is 1.30. The molecule has 1 fully saturated rings. The van der Waals surface area contributed by atoms with E-state index in [1.807, 2.05) is 0 Å². The van der Waals surface area contributed by atoms with Crippen LogP contribution in [-0.2, 0) is 13.2 Å². The molecule has 3 heterocycles. The van der Waals surface area contributed by atoms with Gasteiger partial charge in [0.15, 0.2) is 0 Å². The third-order valence-electron chi connectivity index (χ3n) is 5.37. The van der Waals surface area contributed by atoms with Gasteiger partial charge in [0.05, 0.1) is 6.54 Å². The van der Waals surface area contributed by atoms with Crippen molar-refractivity contribution in [1.29, 1.82) is 0 Å². The van der Waals surface area contributed by atoms with E-state index in [4.69, 9.17) is 20.8 Å². The van der Waals surface area contributed by atoms with Crippen molar-refractivity contribution in [1.82, 2.24) is 14.8 Å². The molecule has 0 N–H and O–H groups in total. The van der Waals surface area contributed by atoms with Gasteiger partial charge in [-0.2, -0.15) is 0 Å². The Hall–Kier alpha value is -3.23. The number of halogens is 2. The molecular formula is C24H23ClFN3O4. The van der Waals surface area contributed by atoms with Crippen LogP contribution in [0.25, 0.3) is 0 Å². The van der Waals surface area contributed by atoms with E-state index >= 15 is 0 Å². The molecule has 33 heavy (non-hydrogen) atoms. The summed E-state index contributed by atoms with van der Waals surface area (Å²) in [5.74, 6) is 0.219. The summed E-state index contributed by atoms with van der Waals surface area (Å²) in [5.41, 5.74) is 1.70. The van der Waals surface area contributed by atoms with Crippen LogP contribution in [0.2, 0.25) is 5.15 Å². The van der Waals surface area contributed by atoms with Gasteiger partial charge in [0, 0.05) is 43.5 Å². The van der Waals surface area contributed by atoms with Crippen LogP contribution in [0, 0.1) is 12.7 Å². The van der Waals surface area contributed by atoms with E-state index in [2.05, 4.69) is 9.88 Å². The highest BCUT2D eigenvalue weighted by Crippen LogP contribution is 2.16. The average Bonchev–Trinajstić information content (AvgIpc) is 2.79. The maximum absolute atomic E-state index is 13.0. The number of hydrogen-bond donors (Lipinski definition) is 0. The molecule has 1 saturated heterocycles. The minimum atomic E-state index is -0.329. The zero-order chi connectivity index (χ0) is 23.4. The lowest BCUT2D eigenvalue weighted by Gasteiger charge is -2.34. The average molecular weight is 472 g/mol. The Labute approximate surface area is 195 Å². The van der Waals surface area contributed by atoms with Gasteiger partial charge in [0.2, 0.25) is 11.2 Å². The summed E-state index contributed by atoms with van der Waals surface area (Å²) in [6.07, 6.45) is 1.30. The monoisotopic (exact) mass is 471 g/mol. The zero-order valence-electron chi connectivity index (χ0n) is 18.1. The topological polar surface area (TPSA) is 75.9 Å². The van der Waals surface area contributed by atoms with E-state index in [1.54, 1.807) is 36.1 Å². The van der Waals surface area contributed by atoms with Crippen molar-refractivity contribution < 1.29 is 18.3 Å². The molecule has 0 aliphatic carbocycles. The van der Waals surface area contributed by atoms with E-state index in [0.29, 0.717) is 54.9 Å². The first-order chi connectivity index (χ1) is 15.9. The van der Waals surface area contributed by atoms with Crippen LogP contribution >= 0.6 is 11.6 Å². The molecule has 0 unspecified atom stereocenters. The van der Waals surface area contributed by atoms with Crippen LogP contribution in [0.4, 0.5) is 4.39 Å². The number of hydrogen-bond acceptors (Lipinski definition) is 6. The van der Waals surface area contributed by atoms with E-state index in [9.17, 15) is 14.0 Å². The molecular weight excluding hydrogens is 449 g/mol. The second-order valence-electron chi connectivity index (χ2n) is 7.88. The Morgan fingerprint density at radius 1 is 1.15 bits per heavy atom. The third-order valence-corrected chi connectivity index (χ3v) is 5.56. The lowest BCUT2D eigenvalue weighted by molar-refractivity contribution is 0.0619. The molecule has 0 bridgehead atoms. The molecule has 4 rings (SSSR count). The maximum Gasteiger partial charge on any atom is 0.254 e. The quantitative estimate of drug-likeness (QED) is 0.510. The third kappa shape index (κ3) is 5.97. The van der Waals surface area contributed by atoms with Crippen molar-refractivity contribution in [3.05, 3.63) is 92.5 Å². The Kier molecular flexibility index (Phi) is 7.05. The predicted octanol–water partition coefficient (Wildman–Crippen LogP) is 3.67. The number of aryl methyl sites for hydroxylation is 1. The first kappa shape index (κ1) is 22.9.